The van der Waals surface area contributed by atoms with E-state index >= 15 is 0 Å². The maximum absolute atomic E-state index is 12.4. The second kappa shape index (κ2) is 9.70. The summed E-state index contributed by atoms with van der Waals surface area (Å²) in [5.74, 6) is -0.547. The average molecular weight is 517 g/mol. The molecule has 0 fully saturated rings. The van der Waals surface area contributed by atoms with Crippen LogP contribution in [0.1, 0.15) is 22.5 Å². The summed E-state index contributed by atoms with van der Waals surface area (Å²) in [6.07, 6.45) is 2.62. The van der Waals surface area contributed by atoms with Gasteiger partial charge in [-0.2, -0.15) is 5.10 Å². The second-order valence-corrected chi connectivity index (χ2v) is 10.3. The molecule has 0 spiro atoms. The number of hydrogen-bond donors (Lipinski definition) is 1. The van der Waals surface area contributed by atoms with Gasteiger partial charge in [0, 0.05) is 27.1 Å². The van der Waals surface area contributed by atoms with Gasteiger partial charge in [0.1, 0.15) is 6.54 Å². The van der Waals surface area contributed by atoms with E-state index in [0.717, 1.165) is 33.2 Å². The van der Waals surface area contributed by atoms with E-state index in [4.69, 9.17) is 0 Å². The molecule has 3 aromatic rings. The van der Waals surface area contributed by atoms with Crippen LogP contribution < -0.4 is 9.73 Å². The number of nitrogens with zero attached hydrogens (tertiary/aromatic N) is 3. The van der Waals surface area contributed by atoms with Crippen molar-refractivity contribution >= 4 is 43.8 Å². The Morgan fingerprint density at radius 1 is 1.12 bits per heavy atom. The van der Waals surface area contributed by atoms with Gasteiger partial charge < -0.3 is 4.57 Å². The molecule has 32 heavy (non-hydrogen) atoms. The fourth-order valence-electron chi connectivity index (χ4n) is 3.38. The Morgan fingerprint density at radius 2 is 1.78 bits per heavy atom. The fourth-order valence-corrected chi connectivity index (χ4v) is 4.87. The molecule has 9 heteroatoms. The summed E-state index contributed by atoms with van der Waals surface area (Å²) in [6.45, 7) is 5.64. The van der Waals surface area contributed by atoms with Crippen LogP contribution in [0.2, 0.25) is 0 Å². The zero-order chi connectivity index (χ0) is 23.5. The summed E-state index contributed by atoms with van der Waals surface area (Å²) in [5.41, 5.74) is 7.92. The number of halogens is 1. The molecule has 2 aromatic carbocycles. The van der Waals surface area contributed by atoms with E-state index in [1.807, 2.05) is 26.8 Å². The van der Waals surface area contributed by atoms with Crippen molar-refractivity contribution < 1.29 is 13.2 Å². The van der Waals surface area contributed by atoms with E-state index in [-0.39, 0.29) is 6.54 Å². The highest BCUT2D eigenvalue weighted by molar-refractivity contribution is 9.10. The van der Waals surface area contributed by atoms with Gasteiger partial charge >= 0.3 is 0 Å². The number of aromatic nitrogens is 1. The van der Waals surface area contributed by atoms with E-state index < -0.39 is 15.9 Å². The Bertz CT molecular complexity index is 1260. The number of carbonyl (C=O) groups is 1. The van der Waals surface area contributed by atoms with Crippen LogP contribution in [-0.4, -0.2) is 37.9 Å². The van der Waals surface area contributed by atoms with Gasteiger partial charge in [0.15, 0.2) is 0 Å². The lowest BCUT2D eigenvalue weighted by atomic mass is 10.2. The molecule has 1 N–H and O–H groups in total. The molecule has 0 bridgehead atoms. The van der Waals surface area contributed by atoms with Crippen molar-refractivity contribution in [3.8, 4) is 5.69 Å². The SMILES string of the molecule is Cc1ccc(-n2c(C)cc(/C=N\NC(=O)CN(c3ccccc3Br)S(C)(=O)=O)c2C)cc1. The summed E-state index contributed by atoms with van der Waals surface area (Å²) in [5, 5.41) is 4.04. The minimum atomic E-state index is -3.67. The lowest BCUT2D eigenvalue weighted by Gasteiger charge is -2.22. The van der Waals surface area contributed by atoms with Crippen LogP contribution in [0.15, 0.2) is 64.2 Å². The van der Waals surface area contributed by atoms with Crippen molar-refractivity contribution in [3.05, 3.63) is 81.6 Å². The standard InChI is InChI=1S/C23H25BrN4O3S/c1-16-9-11-20(12-10-16)28-17(2)13-19(18(28)3)14-25-26-23(29)15-27(32(4,30)31)22-8-6-5-7-21(22)24/h5-14H,15H2,1-4H3,(H,26,29)/b25-14-. The van der Waals surface area contributed by atoms with Crippen LogP contribution in [0.25, 0.3) is 5.69 Å². The molecule has 1 amide bonds. The van der Waals surface area contributed by atoms with Crippen molar-refractivity contribution in [1.29, 1.82) is 0 Å². The summed E-state index contributed by atoms with van der Waals surface area (Å²) in [7, 11) is -3.67. The molecule has 0 saturated heterocycles. The minimum absolute atomic E-state index is 0.385. The Balaban J connectivity index is 1.74. The van der Waals surface area contributed by atoms with Crippen LogP contribution in [-0.2, 0) is 14.8 Å². The molecular formula is C23H25BrN4O3S. The Hall–Kier alpha value is -2.91. The molecule has 0 aliphatic heterocycles. The molecule has 1 aromatic heterocycles. The zero-order valence-electron chi connectivity index (χ0n) is 18.3. The molecule has 0 atom stereocenters. The Kier molecular flexibility index (Phi) is 7.20. The molecule has 168 valence electrons. The fraction of sp³-hybridized carbons (Fsp3) is 0.217. The first-order chi connectivity index (χ1) is 15.1. The largest absolute Gasteiger partial charge is 0.318 e. The zero-order valence-corrected chi connectivity index (χ0v) is 20.7. The number of nitrogens with one attached hydrogen (secondary N) is 1. The lowest BCUT2D eigenvalue weighted by molar-refractivity contribution is -0.119. The van der Waals surface area contributed by atoms with Crippen LogP contribution in [0, 0.1) is 20.8 Å². The van der Waals surface area contributed by atoms with Gasteiger partial charge in [-0.3, -0.25) is 9.10 Å². The predicted molar refractivity (Wildman–Crippen MR) is 132 cm³/mol. The van der Waals surface area contributed by atoms with E-state index in [1.165, 1.54) is 5.56 Å². The maximum Gasteiger partial charge on any atom is 0.260 e. The number of rotatable bonds is 7. The molecule has 0 radical (unpaired) electrons. The van der Waals surface area contributed by atoms with Crippen molar-refractivity contribution in [2.45, 2.75) is 20.8 Å². The third-order valence-electron chi connectivity index (χ3n) is 4.96. The van der Waals surface area contributed by atoms with Crippen LogP contribution in [0.4, 0.5) is 5.69 Å². The van der Waals surface area contributed by atoms with Gasteiger partial charge in [-0.15, -0.1) is 0 Å². The third-order valence-corrected chi connectivity index (χ3v) is 6.76. The van der Waals surface area contributed by atoms with Crippen LogP contribution in [0.3, 0.4) is 0 Å². The van der Waals surface area contributed by atoms with Gasteiger partial charge in [0.25, 0.3) is 5.91 Å². The van der Waals surface area contributed by atoms with Gasteiger partial charge in [0.2, 0.25) is 10.0 Å². The molecule has 7 nitrogen and oxygen atoms in total. The van der Waals surface area contributed by atoms with E-state index in [1.54, 1.807) is 30.5 Å². The van der Waals surface area contributed by atoms with E-state index in [0.29, 0.717) is 10.2 Å². The summed E-state index contributed by atoms with van der Waals surface area (Å²) in [6, 6.07) is 17.0. The quantitative estimate of drug-likeness (QED) is 0.379. The predicted octanol–water partition coefficient (Wildman–Crippen LogP) is 4.08. The molecule has 0 aliphatic rings. The van der Waals surface area contributed by atoms with Gasteiger partial charge in [0.05, 0.1) is 18.2 Å². The number of carbonyl (C=O) groups excluding carboxylic acids is 1. The molecular weight excluding hydrogens is 492 g/mol. The molecule has 1 heterocycles. The topological polar surface area (TPSA) is 83.8 Å². The van der Waals surface area contributed by atoms with Crippen molar-refractivity contribution in [1.82, 2.24) is 9.99 Å². The highest BCUT2D eigenvalue weighted by Crippen LogP contribution is 2.27. The highest BCUT2D eigenvalue weighted by atomic mass is 79.9. The molecule has 0 saturated carbocycles. The number of para-hydroxylation sites is 1. The van der Waals surface area contributed by atoms with Crippen LogP contribution >= 0.6 is 15.9 Å². The second-order valence-electron chi connectivity index (χ2n) is 7.51. The first-order valence-electron chi connectivity index (χ1n) is 9.88. The van der Waals surface area contributed by atoms with Crippen molar-refractivity contribution in [3.63, 3.8) is 0 Å². The van der Waals surface area contributed by atoms with E-state index in [2.05, 4.69) is 55.3 Å². The average Bonchev–Trinajstić information content (AvgIpc) is 3.00. The third kappa shape index (κ3) is 5.46. The number of amides is 1. The molecule has 3 rings (SSSR count). The first kappa shape index (κ1) is 23.7. The first-order valence-corrected chi connectivity index (χ1v) is 12.5. The van der Waals surface area contributed by atoms with E-state index in [9.17, 15) is 13.2 Å². The summed E-state index contributed by atoms with van der Waals surface area (Å²) < 4.78 is 28.2. The van der Waals surface area contributed by atoms with Crippen molar-refractivity contribution in [2.75, 3.05) is 17.1 Å². The Morgan fingerprint density at radius 3 is 2.41 bits per heavy atom. The van der Waals surface area contributed by atoms with Crippen molar-refractivity contribution in [2.24, 2.45) is 5.10 Å². The smallest absolute Gasteiger partial charge is 0.260 e. The summed E-state index contributed by atoms with van der Waals surface area (Å²) >= 11 is 3.33. The van der Waals surface area contributed by atoms with Crippen LogP contribution in [0.5, 0.6) is 0 Å². The number of hydrogen-bond acceptors (Lipinski definition) is 4. The van der Waals surface area contributed by atoms with Gasteiger partial charge in [-0.05, 0) is 67.0 Å². The maximum atomic E-state index is 12.4. The monoisotopic (exact) mass is 516 g/mol. The number of aryl methyl sites for hydroxylation is 2. The van der Waals surface area contributed by atoms with Gasteiger partial charge in [-0.1, -0.05) is 29.8 Å². The number of benzene rings is 2. The number of hydrazone groups is 1. The highest BCUT2D eigenvalue weighted by Gasteiger charge is 2.22. The number of anilines is 1. The number of sulfonamides is 1. The minimum Gasteiger partial charge on any atom is -0.318 e. The van der Waals surface area contributed by atoms with Gasteiger partial charge in [-0.25, -0.2) is 13.8 Å². The Labute approximate surface area is 196 Å². The molecule has 0 unspecified atom stereocenters. The molecule has 0 aliphatic carbocycles. The summed E-state index contributed by atoms with van der Waals surface area (Å²) in [4.78, 5) is 12.4. The normalized spacial score (nSPS) is 11.7. The lowest BCUT2D eigenvalue weighted by Crippen LogP contribution is -2.39.